The fourth-order valence-electron chi connectivity index (χ4n) is 3.28. The number of rotatable bonds is 4. The summed E-state index contributed by atoms with van der Waals surface area (Å²) in [5, 5.41) is 6.76. The first-order chi connectivity index (χ1) is 13.4. The summed E-state index contributed by atoms with van der Waals surface area (Å²) in [5.41, 5.74) is 1.09. The van der Waals surface area contributed by atoms with E-state index in [9.17, 15) is 14.0 Å². The number of hydrogen-bond donors (Lipinski definition) is 1. The number of halogens is 2. The highest BCUT2D eigenvalue weighted by Gasteiger charge is 2.21. The van der Waals surface area contributed by atoms with Gasteiger partial charge in [-0.25, -0.2) is 23.3 Å². The summed E-state index contributed by atoms with van der Waals surface area (Å²) in [6, 6.07) is 5.56. The minimum atomic E-state index is -0.575. The quantitative estimate of drug-likeness (QED) is 0.720. The predicted octanol–water partition coefficient (Wildman–Crippen LogP) is 2.23. The van der Waals surface area contributed by atoms with Crippen molar-refractivity contribution < 1.29 is 9.18 Å². The number of aromatic nitrogens is 4. The number of fused-ring (bicyclic) bond motifs is 1. The van der Waals surface area contributed by atoms with Crippen LogP contribution in [0.25, 0.3) is 5.65 Å². The van der Waals surface area contributed by atoms with Gasteiger partial charge in [0.05, 0.1) is 5.02 Å². The molecule has 0 saturated carbocycles. The molecule has 0 aliphatic carbocycles. The Bertz CT molecular complexity index is 1120. The van der Waals surface area contributed by atoms with Gasteiger partial charge in [-0.3, -0.25) is 4.79 Å². The summed E-state index contributed by atoms with van der Waals surface area (Å²) >= 11 is 5.72. The number of benzene rings is 1. The highest BCUT2D eigenvalue weighted by atomic mass is 35.5. The number of carbonyl (C=O) groups excluding carboxylic acids is 1. The topological polar surface area (TPSA) is 84.5 Å². The van der Waals surface area contributed by atoms with E-state index in [-0.39, 0.29) is 11.6 Å². The van der Waals surface area contributed by atoms with E-state index in [0.717, 1.165) is 42.4 Å². The number of nitrogens with zero attached hydrogens (tertiary/aromatic N) is 5. The molecule has 3 aromatic rings. The van der Waals surface area contributed by atoms with Gasteiger partial charge in [-0.15, -0.1) is 5.10 Å². The molecule has 1 aliphatic rings. The number of amides is 1. The summed E-state index contributed by atoms with van der Waals surface area (Å²) in [4.78, 5) is 31.7. The van der Waals surface area contributed by atoms with Crippen LogP contribution in [-0.4, -0.2) is 38.2 Å². The normalized spacial score (nSPS) is 14.0. The second-order valence-corrected chi connectivity index (χ2v) is 7.11. The van der Waals surface area contributed by atoms with E-state index in [4.69, 9.17) is 11.6 Å². The van der Waals surface area contributed by atoms with Crippen LogP contribution in [-0.2, 0) is 11.3 Å². The second-order valence-electron chi connectivity index (χ2n) is 6.70. The van der Waals surface area contributed by atoms with Crippen molar-refractivity contribution in [1.82, 2.24) is 19.2 Å². The SMILES string of the molecule is Cc1cc2nn(CC(=O)Nc3ccc(F)c(Cl)c3)c(=O)n2c(N2CCCC2)n1. The van der Waals surface area contributed by atoms with E-state index >= 15 is 0 Å². The molecule has 0 atom stereocenters. The first-order valence-electron chi connectivity index (χ1n) is 8.89. The molecule has 1 saturated heterocycles. The molecule has 3 heterocycles. The van der Waals surface area contributed by atoms with Crippen LogP contribution in [0.3, 0.4) is 0 Å². The minimum Gasteiger partial charge on any atom is -0.342 e. The Labute approximate surface area is 164 Å². The lowest BCUT2D eigenvalue weighted by atomic mass is 10.3. The first-order valence-corrected chi connectivity index (χ1v) is 9.27. The molecule has 1 aliphatic heterocycles. The van der Waals surface area contributed by atoms with Crippen molar-refractivity contribution in [2.45, 2.75) is 26.3 Å². The molecule has 28 heavy (non-hydrogen) atoms. The number of hydrogen-bond acceptors (Lipinski definition) is 5. The molecular formula is C18H18ClFN6O2. The average Bonchev–Trinajstić information content (AvgIpc) is 3.27. The lowest BCUT2D eigenvalue weighted by Gasteiger charge is -2.17. The van der Waals surface area contributed by atoms with Crippen LogP contribution in [0.4, 0.5) is 16.0 Å². The summed E-state index contributed by atoms with van der Waals surface area (Å²) in [7, 11) is 0. The van der Waals surface area contributed by atoms with Crippen LogP contribution in [0.1, 0.15) is 18.5 Å². The molecule has 1 aromatic carbocycles. The maximum absolute atomic E-state index is 13.2. The van der Waals surface area contributed by atoms with Crippen LogP contribution in [0.5, 0.6) is 0 Å². The van der Waals surface area contributed by atoms with Gasteiger partial charge in [0.1, 0.15) is 12.4 Å². The molecule has 0 unspecified atom stereocenters. The third kappa shape index (κ3) is 3.45. The van der Waals surface area contributed by atoms with Gasteiger partial charge in [0.25, 0.3) is 0 Å². The van der Waals surface area contributed by atoms with E-state index in [2.05, 4.69) is 15.4 Å². The maximum Gasteiger partial charge on any atom is 0.353 e. The van der Waals surface area contributed by atoms with Crippen LogP contribution in [0, 0.1) is 12.7 Å². The zero-order chi connectivity index (χ0) is 19.8. The van der Waals surface area contributed by atoms with E-state index in [1.54, 1.807) is 6.07 Å². The van der Waals surface area contributed by atoms with Crippen LogP contribution in [0.15, 0.2) is 29.1 Å². The Morgan fingerprint density at radius 2 is 2.04 bits per heavy atom. The fourth-order valence-corrected chi connectivity index (χ4v) is 3.46. The number of anilines is 2. The standard InChI is InChI=1S/C18H18ClFN6O2/c1-11-8-15-23-25(10-16(27)22-12-4-5-14(20)13(19)9-12)18(28)26(15)17(21-11)24-6-2-3-7-24/h4-5,8-9H,2-3,6-7,10H2,1H3,(H,22,27). The number of aryl methyl sites for hydroxylation is 1. The number of carbonyl (C=O) groups is 1. The summed E-state index contributed by atoms with van der Waals surface area (Å²) < 4.78 is 15.8. The largest absolute Gasteiger partial charge is 0.353 e. The van der Waals surface area contributed by atoms with Gasteiger partial charge in [0, 0.05) is 30.5 Å². The van der Waals surface area contributed by atoms with Crippen molar-refractivity contribution in [2.24, 2.45) is 0 Å². The Hall–Kier alpha value is -2.94. The van der Waals surface area contributed by atoms with E-state index in [1.165, 1.54) is 16.5 Å². The van der Waals surface area contributed by atoms with Crippen molar-refractivity contribution in [3.05, 3.63) is 51.3 Å². The molecule has 10 heteroatoms. The Morgan fingerprint density at radius 3 is 2.75 bits per heavy atom. The highest BCUT2D eigenvalue weighted by molar-refractivity contribution is 6.31. The Balaban J connectivity index is 1.63. The van der Waals surface area contributed by atoms with E-state index in [1.807, 2.05) is 11.8 Å². The smallest absolute Gasteiger partial charge is 0.342 e. The van der Waals surface area contributed by atoms with Gasteiger partial charge < -0.3 is 10.2 Å². The first kappa shape index (κ1) is 18.4. The average molecular weight is 405 g/mol. The molecular weight excluding hydrogens is 387 g/mol. The molecule has 1 N–H and O–H groups in total. The molecule has 4 rings (SSSR count). The zero-order valence-electron chi connectivity index (χ0n) is 15.2. The van der Waals surface area contributed by atoms with Crippen LogP contribution < -0.4 is 15.9 Å². The minimum absolute atomic E-state index is 0.0977. The van der Waals surface area contributed by atoms with Crippen molar-refractivity contribution in [2.75, 3.05) is 23.3 Å². The highest BCUT2D eigenvalue weighted by Crippen LogP contribution is 2.20. The van der Waals surface area contributed by atoms with Gasteiger partial charge in [-0.05, 0) is 38.0 Å². The second kappa shape index (κ2) is 7.23. The lowest BCUT2D eigenvalue weighted by molar-refractivity contribution is -0.117. The molecule has 146 valence electrons. The molecule has 1 fully saturated rings. The monoisotopic (exact) mass is 404 g/mol. The van der Waals surface area contributed by atoms with E-state index in [0.29, 0.717) is 17.3 Å². The summed E-state index contributed by atoms with van der Waals surface area (Å²) in [6.45, 7) is 3.21. The van der Waals surface area contributed by atoms with Gasteiger partial charge in [0.2, 0.25) is 11.9 Å². The molecule has 0 radical (unpaired) electrons. The van der Waals surface area contributed by atoms with Crippen molar-refractivity contribution in [3.63, 3.8) is 0 Å². The number of nitrogens with one attached hydrogen (secondary N) is 1. The summed E-state index contributed by atoms with van der Waals surface area (Å²) in [6.07, 6.45) is 2.09. The Kier molecular flexibility index (Phi) is 4.76. The fraction of sp³-hybridized carbons (Fsp3) is 0.333. The van der Waals surface area contributed by atoms with E-state index < -0.39 is 17.4 Å². The molecule has 0 bridgehead atoms. The lowest BCUT2D eigenvalue weighted by Crippen LogP contribution is -2.31. The van der Waals surface area contributed by atoms with Crippen molar-refractivity contribution in [1.29, 1.82) is 0 Å². The molecule has 0 spiro atoms. The van der Waals surface area contributed by atoms with Crippen molar-refractivity contribution >= 4 is 34.8 Å². The van der Waals surface area contributed by atoms with Gasteiger partial charge in [-0.1, -0.05) is 11.6 Å². The molecule has 8 nitrogen and oxygen atoms in total. The third-order valence-corrected chi connectivity index (χ3v) is 4.85. The molecule has 1 amide bonds. The third-order valence-electron chi connectivity index (χ3n) is 4.56. The maximum atomic E-state index is 13.2. The van der Waals surface area contributed by atoms with Gasteiger partial charge in [-0.2, -0.15) is 0 Å². The van der Waals surface area contributed by atoms with Crippen LogP contribution in [0.2, 0.25) is 5.02 Å². The zero-order valence-corrected chi connectivity index (χ0v) is 15.9. The van der Waals surface area contributed by atoms with Crippen molar-refractivity contribution in [3.8, 4) is 0 Å². The van der Waals surface area contributed by atoms with Gasteiger partial charge >= 0.3 is 5.69 Å². The van der Waals surface area contributed by atoms with Gasteiger partial charge in [0.15, 0.2) is 5.65 Å². The van der Waals surface area contributed by atoms with Crippen LogP contribution >= 0.6 is 11.6 Å². The Morgan fingerprint density at radius 1 is 1.29 bits per heavy atom. The predicted molar refractivity (Wildman–Crippen MR) is 103 cm³/mol. The molecule has 2 aromatic heterocycles. The summed E-state index contributed by atoms with van der Waals surface area (Å²) in [5.74, 6) is -0.497.